The van der Waals surface area contributed by atoms with Crippen molar-refractivity contribution >= 4 is 17.5 Å². The molecule has 1 aliphatic heterocycles. The Labute approximate surface area is 160 Å². The van der Waals surface area contributed by atoms with Gasteiger partial charge in [-0.15, -0.1) is 0 Å². The molecule has 0 aromatic heterocycles. The summed E-state index contributed by atoms with van der Waals surface area (Å²) < 4.78 is 5.53. The molecule has 2 aromatic carbocycles. The fraction of sp³-hybridized carbons (Fsp3) is 0.364. The first kappa shape index (κ1) is 19.1. The zero-order chi connectivity index (χ0) is 19.1. The SMILES string of the molecule is Cc1ccc(CCC(=O)Nc2ccccc2C(=O)NCC2CCCO2)cc1. The number of hydrogen-bond acceptors (Lipinski definition) is 3. The van der Waals surface area contributed by atoms with E-state index >= 15 is 0 Å². The molecule has 1 saturated heterocycles. The molecule has 1 atom stereocenters. The number of para-hydroxylation sites is 1. The molecule has 2 aromatic rings. The van der Waals surface area contributed by atoms with Crippen LogP contribution in [0.3, 0.4) is 0 Å². The highest BCUT2D eigenvalue weighted by Gasteiger charge is 2.18. The van der Waals surface area contributed by atoms with Crippen molar-refractivity contribution in [3.05, 3.63) is 65.2 Å². The molecule has 142 valence electrons. The lowest BCUT2D eigenvalue weighted by atomic mass is 10.1. The minimum Gasteiger partial charge on any atom is -0.376 e. The Bertz CT molecular complexity index is 780. The molecule has 1 fully saturated rings. The van der Waals surface area contributed by atoms with Crippen molar-refractivity contribution in [1.82, 2.24) is 5.32 Å². The van der Waals surface area contributed by atoms with Gasteiger partial charge in [-0.3, -0.25) is 9.59 Å². The minimum absolute atomic E-state index is 0.0882. The predicted molar refractivity (Wildman–Crippen MR) is 106 cm³/mol. The van der Waals surface area contributed by atoms with E-state index in [2.05, 4.69) is 10.6 Å². The van der Waals surface area contributed by atoms with Gasteiger partial charge in [-0.2, -0.15) is 0 Å². The Kier molecular flexibility index (Phi) is 6.60. The number of carbonyl (C=O) groups is 2. The molecular weight excluding hydrogens is 340 g/mol. The third-order valence-corrected chi connectivity index (χ3v) is 4.72. The number of benzene rings is 2. The zero-order valence-electron chi connectivity index (χ0n) is 15.7. The summed E-state index contributed by atoms with van der Waals surface area (Å²) in [6.45, 7) is 3.29. The van der Waals surface area contributed by atoms with E-state index in [0.717, 1.165) is 25.0 Å². The molecule has 2 N–H and O–H groups in total. The highest BCUT2D eigenvalue weighted by Crippen LogP contribution is 2.17. The Morgan fingerprint density at radius 3 is 2.63 bits per heavy atom. The lowest BCUT2D eigenvalue weighted by molar-refractivity contribution is -0.116. The van der Waals surface area contributed by atoms with Crippen LogP contribution in [0, 0.1) is 6.92 Å². The standard InChI is InChI=1S/C22H26N2O3/c1-16-8-10-17(11-9-16)12-13-21(25)24-20-7-3-2-6-19(20)22(26)23-15-18-5-4-14-27-18/h2-3,6-11,18H,4-5,12-15H2,1H3,(H,23,26)(H,24,25). The van der Waals surface area contributed by atoms with E-state index in [9.17, 15) is 9.59 Å². The normalized spacial score (nSPS) is 16.1. The maximum atomic E-state index is 12.5. The summed E-state index contributed by atoms with van der Waals surface area (Å²) in [5.74, 6) is -0.296. The molecule has 0 bridgehead atoms. The van der Waals surface area contributed by atoms with Crippen LogP contribution in [-0.2, 0) is 16.0 Å². The first-order valence-electron chi connectivity index (χ1n) is 9.46. The fourth-order valence-corrected chi connectivity index (χ4v) is 3.12. The van der Waals surface area contributed by atoms with E-state index in [1.54, 1.807) is 18.2 Å². The number of hydrogen-bond donors (Lipinski definition) is 2. The summed E-state index contributed by atoms with van der Waals surface area (Å²) in [5, 5.41) is 5.77. The van der Waals surface area contributed by atoms with Gasteiger partial charge in [0.1, 0.15) is 0 Å². The van der Waals surface area contributed by atoms with Crippen LogP contribution in [0.4, 0.5) is 5.69 Å². The van der Waals surface area contributed by atoms with Crippen molar-refractivity contribution in [3.8, 4) is 0 Å². The molecule has 0 radical (unpaired) electrons. The lowest BCUT2D eigenvalue weighted by Gasteiger charge is -2.14. The number of anilines is 1. The molecule has 1 heterocycles. The highest BCUT2D eigenvalue weighted by molar-refractivity contribution is 6.03. The molecule has 0 spiro atoms. The van der Waals surface area contributed by atoms with Crippen LogP contribution >= 0.6 is 0 Å². The molecule has 0 saturated carbocycles. The van der Waals surface area contributed by atoms with Gasteiger partial charge in [-0.05, 0) is 43.9 Å². The van der Waals surface area contributed by atoms with Gasteiger partial charge in [0.25, 0.3) is 5.91 Å². The third kappa shape index (κ3) is 5.66. The molecule has 1 unspecified atom stereocenters. The summed E-state index contributed by atoms with van der Waals surface area (Å²) in [7, 11) is 0. The molecule has 27 heavy (non-hydrogen) atoms. The number of rotatable bonds is 7. The van der Waals surface area contributed by atoms with Crippen molar-refractivity contribution in [3.63, 3.8) is 0 Å². The lowest BCUT2D eigenvalue weighted by Crippen LogP contribution is -2.32. The largest absolute Gasteiger partial charge is 0.376 e. The predicted octanol–water partition coefficient (Wildman–Crippen LogP) is 3.48. The molecular formula is C22H26N2O3. The van der Waals surface area contributed by atoms with E-state index in [0.29, 0.717) is 30.6 Å². The molecule has 5 heteroatoms. The van der Waals surface area contributed by atoms with Crippen LogP contribution in [0.5, 0.6) is 0 Å². The van der Waals surface area contributed by atoms with Gasteiger partial charge in [0.05, 0.1) is 17.4 Å². The summed E-state index contributed by atoms with van der Waals surface area (Å²) in [5.41, 5.74) is 3.33. The van der Waals surface area contributed by atoms with Gasteiger partial charge >= 0.3 is 0 Å². The van der Waals surface area contributed by atoms with E-state index in [4.69, 9.17) is 4.74 Å². The first-order valence-corrected chi connectivity index (χ1v) is 9.46. The second-order valence-electron chi connectivity index (χ2n) is 6.92. The maximum Gasteiger partial charge on any atom is 0.253 e. The van der Waals surface area contributed by atoms with Crippen LogP contribution in [0.1, 0.15) is 40.7 Å². The number of carbonyl (C=O) groups excluding carboxylic acids is 2. The minimum atomic E-state index is -0.195. The van der Waals surface area contributed by atoms with Crippen molar-refractivity contribution in [2.24, 2.45) is 0 Å². The van der Waals surface area contributed by atoms with Gasteiger partial charge in [0, 0.05) is 19.6 Å². The van der Waals surface area contributed by atoms with Crippen molar-refractivity contribution in [2.45, 2.75) is 38.7 Å². The average Bonchev–Trinajstić information content (AvgIpc) is 3.20. The number of amides is 2. The summed E-state index contributed by atoms with van der Waals surface area (Å²) >= 11 is 0. The topological polar surface area (TPSA) is 67.4 Å². The van der Waals surface area contributed by atoms with E-state index in [1.165, 1.54) is 5.56 Å². The van der Waals surface area contributed by atoms with E-state index in [-0.39, 0.29) is 17.9 Å². The molecule has 2 amide bonds. The quantitative estimate of drug-likeness (QED) is 0.788. The Morgan fingerprint density at radius 1 is 1.11 bits per heavy atom. The van der Waals surface area contributed by atoms with Crippen LogP contribution < -0.4 is 10.6 Å². The van der Waals surface area contributed by atoms with Gasteiger partial charge in [0.2, 0.25) is 5.91 Å². The second kappa shape index (κ2) is 9.33. The summed E-state index contributed by atoms with van der Waals surface area (Å²) in [6.07, 6.45) is 3.13. The number of ether oxygens (including phenoxy) is 1. The van der Waals surface area contributed by atoms with Gasteiger partial charge < -0.3 is 15.4 Å². The van der Waals surface area contributed by atoms with Crippen LogP contribution in [-0.4, -0.2) is 31.1 Å². The van der Waals surface area contributed by atoms with Crippen LogP contribution in [0.15, 0.2) is 48.5 Å². The van der Waals surface area contributed by atoms with Gasteiger partial charge in [-0.25, -0.2) is 0 Å². The molecule has 1 aliphatic rings. The molecule has 5 nitrogen and oxygen atoms in total. The summed E-state index contributed by atoms with van der Waals surface area (Å²) in [4.78, 5) is 24.8. The highest BCUT2D eigenvalue weighted by atomic mass is 16.5. The van der Waals surface area contributed by atoms with Crippen LogP contribution in [0.25, 0.3) is 0 Å². The van der Waals surface area contributed by atoms with E-state index in [1.807, 2.05) is 37.3 Å². The fourth-order valence-electron chi connectivity index (χ4n) is 3.12. The zero-order valence-corrected chi connectivity index (χ0v) is 15.7. The monoisotopic (exact) mass is 366 g/mol. The Morgan fingerprint density at radius 2 is 1.89 bits per heavy atom. The molecule has 3 rings (SSSR count). The summed E-state index contributed by atoms with van der Waals surface area (Å²) in [6, 6.07) is 15.2. The van der Waals surface area contributed by atoms with E-state index < -0.39 is 0 Å². The number of aryl methyl sites for hydroxylation is 2. The second-order valence-corrected chi connectivity index (χ2v) is 6.92. The van der Waals surface area contributed by atoms with Crippen molar-refractivity contribution in [1.29, 1.82) is 0 Å². The van der Waals surface area contributed by atoms with Crippen LogP contribution in [0.2, 0.25) is 0 Å². The first-order chi connectivity index (χ1) is 13.1. The average molecular weight is 366 g/mol. The van der Waals surface area contributed by atoms with Crippen molar-refractivity contribution in [2.75, 3.05) is 18.5 Å². The Balaban J connectivity index is 1.55. The number of nitrogens with one attached hydrogen (secondary N) is 2. The third-order valence-electron chi connectivity index (χ3n) is 4.72. The van der Waals surface area contributed by atoms with Gasteiger partial charge in [-0.1, -0.05) is 42.0 Å². The molecule has 0 aliphatic carbocycles. The van der Waals surface area contributed by atoms with Gasteiger partial charge in [0.15, 0.2) is 0 Å². The Hall–Kier alpha value is -2.66. The smallest absolute Gasteiger partial charge is 0.253 e. The van der Waals surface area contributed by atoms with Crippen molar-refractivity contribution < 1.29 is 14.3 Å². The maximum absolute atomic E-state index is 12.5.